The van der Waals surface area contributed by atoms with E-state index in [0.717, 1.165) is 21.7 Å². The number of thiophene rings is 1. The summed E-state index contributed by atoms with van der Waals surface area (Å²) < 4.78 is 5.17. The summed E-state index contributed by atoms with van der Waals surface area (Å²) in [5, 5.41) is 2.89. The number of hydrogen-bond acceptors (Lipinski definition) is 5. The quantitative estimate of drug-likeness (QED) is 0.569. The normalized spacial score (nSPS) is 10.4. The number of amides is 1. The second-order valence-corrected chi connectivity index (χ2v) is 7.78. The summed E-state index contributed by atoms with van der Waals surface area (Å²) >= 11 is 1.32. The van der Waals surface area contributed by atoms with Crippen LogP contribution in [0.3, 0.4) is 0 Å². The smallest absolute Gasteiger partial charge is 0.350 e. The summed E-state index contributed by atoms with van der Waals surface area (Å²) in [6, 6.07) is 19.4. The molecular formula is C23H24N2O3S. The number of nitrogens with zero attached hydrogens (tertiary/aromatic N) is 1. The molecule has 2 aromatic carbocycles. The Bertz CT molecular complexity index is 979. The van der Waals surface area contributed by atoms with E-state index in [2.05, 4.69) is 5.32 Å². The van der Waals surface area contributed by atoms with Gasteiger partial charge in [-0.15, -0.1) is 11.3 Å². The van der Waals surface area contributed by atoms with E-state index < -0.39 is 5.97 Å². The minimum Gasteiger partial charge on any atom is -0.462 e. The molecule has 0 saturated heterocycles. The zero-order valence-electron chi connectivity index (χ0n) is 16.8. The first-order valence-corrected chi connectivity index (χ1v) is 10.2. The number of carbonyl (C=O) groups excluding carboxylic acids is 2. The minimum absolute atomic E-state index is 0.175. The van der Waals surface area contributed by atoms with E-state index in [1.807, 2.05) is 79.7 Å². The molecule has 0 aliphatic heterocycles. The molecule has 0 aliphatic rings. The third-order valence-corrected chi connectivity index (χ3v) is 5.51. The first-order valence-electron chi connectivity index (χ1n) is 9.40. The van der Waals surface area contributed by atoms with Crippen molar-refractivity contribution in [3.63, 3.8) is 0 Å². The highest BCUT2D eigenvalue weighted by Gasteiger charge is 2.20. The average Bonchev–Trinajstić information content (AvgIpc) is 3.13. The highest BCUT2D eigenvalue weighted by atomic mass is 32.1. The lowest BCUT2D eigenvalue weighted by atomic mass is 10.1. The lowest BCUT2D eigenvalue weighted by Gasteiger charge is -2.12. The molecule has 150 valence electrons. The van der Waals surface area contributed by atoms with Crippen LogP contribution in [0.4, 0.5) is 11.4 Å². The van der Waals surface area contributed by atoms with Gasteiger partial charge < -0.3 is 15.0 Å². The van der Waals surface area contributed by atoms with E-state index in [1.54, 1.807) is 6.92 Å². The van der Waals surface area contributed by atoms with Crippen LogP contribution in [-0.2, 0) is 16.0 Å². The molecule has 3 rings (SSSR count). The van der Waals surface area contributed by atoms with Crippen LogP contribution < -0.4 is 10.2 Å². The molecule has 0 bridgehead atoms. The molecule has 1 aromatic heterocycles. The zero-order valence-corrected chi connectivity index (χ0v) is 17.6. The largest absolute Gasteiger partial charge is 0.462 e. The Morgan fingerprint density at radius 1 is 1.03 bits per heavy atom. The van der Waals surface area contributed by atoms with Gasteiger partial charge in [0.05, 0.1) is 18.7 Å². The van der Waals surface area contributed by atoms with Crippen molar-refractivity contribution in [2.75, 3.05) is 30.9 Å². The topological polar surface area (TPSA) is 58.6 Å². The van der Waals surface area contributed by atoms with Gasteiger partial charge in [-0.3, -0.25) is 4.79 Å². The highest BCUT2D eigenvalue weighted by molar-refractivity contribution is 7.18. The van der Waals surface area contributed by atoms with Crippen LogP contribution in [0.5, 0.6) is 0 Å². The molecule has 0 unspecified atom stereocenters. The SMILES string of the molecule is CCOC(=O)c1sc(-c2ccccc2)cc1NC(=O)Cc1ccc(N(C)C)cc1. The molecule has 0 radical (unpaired) electrons. The number of rotatable bonds is 7. The molecule has 6 heteroatoms. The Balaban J connectivity index is 1.80. The van der Waals surface area contributed by atoms with Gasteiger partial charge in [0.1, 0.15) is 4.88 Å². The van der Waals surface area contributed by atoms with Gasteiger partial charge in [-0.1, -0.05) is 42.5 Å². The van der Waals surface area contributed by atoms with Crippen molar-refractivity contribution in [1.29, 1.82) is 0 Å². The lowest BCUT2D eigenvalue weighted by Crippen LogP contribution is -2.16. The molecule has 29 heavy (non-hydrogen) atoms. The number of esters is 1. The van der Waals surface area contributed by atoms with Gasteiger partial charge in [0.2, 0.25) is 5.91 Å². The maximum Gasteiger partial charge on any atom is 0.350 e. The fraction of sp³-hybridized carbons (Fsp3) is 0.217. The Morgan fingerprint density at radius 2 is 1.72 bits per heavy atom. The van der Waals surface area contributed by atoms with E-state index >= 15 is 0 Å². The molecule has 5 nitrogen and oxygen atoms in total. The molecule has 0 atom stereocenters. The number of hydrogen-bond donors (Lipinski definition) is 1. The summed E-state index contributed by atoms with van der Waals surface area (Å²) in [5.41, 5.74) is 3.46. The van der Waals surface area contributed by atoms with Gasteiger partial charge in [-0.2, -0.15) is 0 Å². The third-order valence-electron chi connectivity index (χ3n) is 4.34. The number of nitrogens with one attached hydrogen (secondary N) is 1. The molecule has 0 aliphatic carbocycles. The molecular weight excluding hydrogens is 384 g/mol. The van der Waals surface area contributed by atoms with Gasteiger partial charge in [0.25, 0.3) is 0 Å². The maximum atomic E-state index is 12.6. The van der Waals surface area contributed by atoms with Crippen LogP contribution in [0, 0.1) is 0 Å². The van der Waals surface area contributed by atoms with E-state index in [1.165, 1.54) is 11.3 Å². The van der Waals surface area contributed by atoms with Crippen LogP contribution in [0.1, 0.15) is 22.2 Å². The zero-order chi connectivity index (χ0) is 20.8. The monoisotopic (exact) mass is 408 g/mol. The standard InChI is InChI=1S/C23H24N2O3S/c1-4-28-23(27)22-19(15-20(29-22)17-8-6-5-7-9-17)24-21(26)14-16-10-12-18(13-11-16)25(2)3/h5-13,15H,4,14H2,1-3H3,(H,24,26). The molecule has 0 fully saturated rings. The number of ether oxygens (including phenoxy) is 1. The molecule has 0 saturated carbocycles. The van der Waals surface area contributed by atoms with Crippen molar-refractivity contribution in [3.05, 3.63) is 71.1 Å². The number of benzene rings is 2. The Morgan fingerprint density at radius 3 is 2.34 bits per heavy atom. The van der Waals surface area contributed by atoms with E-state index in [9.17, 15) is 9.59 Å². The molecule has 1 heterocycles. The maximum absolute atomic E-state index is 12.6. The Labute approximate surface area is 174 Å². The lowest BCUT2D eigenvalue weighted by molar-refractivity contribution is -0.115. The van der Waals surface area contributed by atoms with E-state index in [0.29, 0.717) is 10.6 Å². The van der Waals surface area contributed by atoms with Crippen molar-refractivity contribution in [3.8, 4) is 10.4 Å². The van der Waals surface area contributed by atoms with Crippen LogP contribution in [0.15, 0.2) is 60.7 Å². The van der Waals surface area contributed by atoms with Crippen LogP contribution in [-0.4, -0.2) is 32.6 Å². The van der Waals surface area contributed by atoms with Crippen molar-refractivity contribution >= 4 is 34.6 Å². The number of anilines is 2. The summed E-state index contributed by atoms with van der Waals surface area (Å²) in [7, 11) is 3.94. The molecule has 3 aromatic rings. The van der Waals surface area contributed by atoms with Gasteiger partial charge in [0.15, 0.2) is 0 Å². The third kappa shape index (κ3) is 5.23. The van der Waals surface area contributed by atoms with Gasteiger partial charge in [-0.05, 0) is 36.2 Å². The number of carbonyl (C=O) groups is 2. The van der Waals surface area contributed by atoms with Crippen LogP contribution >= 0.6 is 11.3 Å². The molecule has 1 N–H and O–H groups in total. The van der Waals surface area contributed by atoms with Gasteiger partial charge in [-0.25, -0.2) is 4.79 Å². The van der Waals surface area contributed by atoms with E-state index in [4.69, 9.17) is 4.74 Å². The second-order valence-electron chi connectivity index (χ2n) is 6.73. The fourth-order valence-corrected chi connectivity index (χ4v) is 3.88. The summed E-state index contributed by atoms with van der Waals surface area (Å²) in [5.74, 6) is -0.601. The van der Waals surface area contributed by atoms with Crippen molar-refractivity contribution in [2.24, 2.45) is 0 Å². The first-order chi connectivity index (χ1) is 14.0. The predicted molar refractivity (Wildman–Crippen MR) is 119 cm³/mol. The average molecular weight is 409 g/mol. The van der Waals surface area contributed by atoms with E-state index in [-0.39, 0.29) is 18.9 Å². The van der Waals surface area contributed by atoms with Crippen molar-refractivity contribution < 1.29 is 14.3 Å². The Kier molecular flexibility index (Phi) is 6.67. The summed E-state index contributed by atoms with van der Waals surface area (Å²) in [6.45, 7) is 2.04. The van der Waals surface area contributed by atoms with Crippen molar-refractivity contribution in [2.45, 2.75) is 13.3 Å². The van der Waals surface area contributed by atoms with Gasteiger partial charge >= 0.3 is 5.97 Å². The Hall–Kier alpha value is -3.12. The highest BCUT2D eigenvalue weighted by Crippen LogP contribution is 2.35. The second kappa shape index (κ2) is 9.39. The summed E-state index contributed by atoms with van der Waals surface area (Å²) in [4.78, 5) is 28.3. The predicted octanol–water partition coefficient (Wildman–Crippen LogP) is 4.84. The minimum atomic E-state index is -0.426. The molecule has 1 amide bonds. The van der Waals surface area contributed by atoms with Crippen LogP contribution in [0.25, 0.3) is 10.4 Å². The van der Waals surface area contributed by atoms with Crippen molar-refractivity contribution in [1.82, 2.24) is 0 Å². The fourth-order valence-electron chi connectivity index (χ4n) is 2.87. The van der Waals surface area contributed by atoms with Gasteiger partial charge in [0, 0.05) is 24.7 Å². The molecule has 0 spiro atoms. The summed E-state index contributed by atoms with van der Waals surface area (Å²) in [6.07, 6.45) is 0.229. The van der Waals surface area contributed by atoms with Crippen LogP contribution in [0.2, 0.25) is 0 Å². The first kappa shape index (κ1) is 20.6.